The fraction of sp³-hybridized carbons (Fsp3) is 0.0952. The van der Waals surface area contributed by atoms with Gasteiger partial charge in [0.2, 0.25) is 0 Å². The van der Waals surface area contributed by atoms with Crippen molar-refractivity contribution in [1.82, 2.24) is 4.98 Å². The molecule has 0 aliphatic heterocycles. The number of hydrogen-bond donors (Lipinski definition) is 1. The largest absolute Gasteiger partial charge is 0.428 e. The van der Waals surface area contributed by atoms with Gasteiger partial charge in [0.25, 0.3) is 15.2 Å². The maximum absolute atomic E-state index is 12.9. The van der Waals surface area contributed by atoms with Gasteiger partial charge in [0.15, 0.2) is 15.6 Å². The molecule has 0 saturated carbocycles. The van der Waals surface area contributed by atoms with Crippen LogP contribution in [0.4, 0.5) is 18.9 Å². The first-order valence-corrected chi connectivity index (χ1v) is 15.0. The van der Waals surface area contributed by atoms with Gasteiger partial charge >= 0.3 is 6.18 Å². The average Bonchev–Trinajstić information content (AvgIpc) is 3.16. The Bertz CT molecular complexity index is 1740. The van der Waals surface area contributed by atoms with Crippen LogP contribution in [0.3, 0.4) is 0 Å². The molecular formula is C21H12Cl3F3N2O5S3. The van der Waals surface area contributed by atoms with E-state index in [1.165, 1.54) is 30.3 Å². The summed E-state index contributed by atoms with van der Waals surface area (Å²) in [4.78, 5) is 3.77. The lowest BCUT2D eigenvalue weighted by atomic mass is 10.2. The van der Waals surface area contributed by atoms with Gasteiger partial charge in [0, 0.05) is 6.26 Å². The number of alkyl halides is 3. The van der Waals surface area contributed by atoms with Crippen molar-refractivity contribution in [3.05, 3.63) is 69.2 Å². The standard InChI is InChI=1S/C21H12Cl3F3N2O5S3/c1-36(30,31)12-3-4-16-17(9-12)35-20(28-16)34-19-14(23)7-11(8-15(19)24)29-37(32,33)18-5-2-10(6-13(18)22)21(25,26)27/h2-9,29H,1H3. The molecule has 0 atom stereocenters. The summed E-state index contributed by atoms with van der Waals surface area (Å²) in [5.74, 6) is -0.0544. The molecule has 0 aliphatic rings. The van der Waals surface area contributed by atoms with E-state index in [-0.39, 0.29) is 31.6 Å². The lowest BCUT2D eigenvalue weighted by Crippen LogP contribution is -2.14. The van der Waals surface area contributed by atoms with E-state index in [4.69, 9.17) is 39.5 Å². The number of benzene rings is 3. The van der Waals surface area contributed by atoms with Crippen molar-refractivity contribution in [1.29, 1.82) is 0 Å². The number of aromatic nitrogens is 1. The molecule has 7 nitrogen and oxygen atoms in total. The maximum Gasteiger partial charge on any atom is 0.416 e. The van der Waals surface area contributed by atoms with Gasteiger partial charge in [-0.05, 0) is 48.5 Å². The van der Waals surface area contributed by atoms with Gasteiger partial charge in [-0.2, -0.15) is 13.2 Å². The molecule has 196 valence electrons. The van der Waals surface area contributed by atoms with Gasteiger partial charge in [0.05, 0.1) is 41.4 Å². The van der Waals surface area contributed by atoms with E-state index in [1.807, 2.05) is 0 Å². The average molecular weight is 632 g/mol. The maximum atomic E-state index is 12.9. The molecular weight excluding hydrogens is 620 g/mol. The molecule has 0 spiro atoms. The van der Waals surface area contributed by atoms with Crippen LogP contribution in [-0.2, 0) is 26.0 Å². The summed E-state index contributed by atoms with van der Waals surface area (Å²) in [6, 6.07) is 8.55. The van der Waals surface area contributed by atoms with E-state index in [1.54, 1.807) is 0 Å². The highest BCUT2D eigenvalue weighted by Crippen LogP contribution is 2.42. The second-order valence-electron chi connectivity index (χ2n) is 7.50. The van der Waals surface area contributed by atoms with Crippen molar-refractivity contribution in [2.45, 2.75) is 16.0 Å². The SMILES string of the molecule is CS(=O)(=O)c1ccc2nc(Oc3c(Cl)cc(NS(=O)(=O)c4ccc(C(F)(F)F)cc4Cl)cc3Cl)sc2c1. The Labute approximate surface area is 227 Å². The number of fused-ring (bicyclic) bond motifs is 1. The van der Waals surface area contributed by atoms with Crippen molar-refractivity contribution in [3.63, 3.8) is 0 Å². The first-order valence-electron chi connectivity index (χ1n) is 9.72. The first-order chi connectivity index (χ1) is 17.0. The minimum atomic E-state index is -4.70. The zero-order valence-corrected chi connectivity index (χ0v) is 22.8. The van der Waals surface area contributed by atoms with E-state index in [2.05, 4.69) is 9.71 Å². The molecule has 0 amide bonds. The van der Waals surface area contributed by atoms with E-state index in [9.17, 15) is 30.0 Å². The van der Waals surface area contributed by atoms with Crippen molar-refractivity contribution in [2.75, 3.05) is 11.0 Å². The summed E-state index contributed by atoms with van der Waals surface area (Å²) >= 11 is 19.3. The molecule has 37 heavy (non-hydrogen) atoms. The van der Waals surface area contributed by atoms with Gasteiger partial charge in [-0.25, -0.2) is 21.8 Å². The monoisotopic (exact) mass is 630 g/mol. The summed E-state index contributed by atoms with van der Waals surface area (Å²) < 4.78 is 96.0. The van der Waals surface area contributed by atoms with Crippen LogP contribution >= 0.6 is 46.1 Å². The number of nitrogens with zero attached hydrogens (tertiary/aromatic N) is 1. The zero-order chi connectivity index (χ0) is 27.3. The number of sulfone groups is 1. The van der Waals surface area contributed by atoms with Gasteiger partial charge in [-0.1, -0.05) is 46.1 Å². The molecule has 4 rings (SSSR count). The Morgan fingerprint density at radius 1 is 0.919 bits per heavy atom. The molecule has 1 heterocycles. The lowest BCUT2D eigenvalue weighted by Gasteiger charge is -2.14. The summed E-state index contributed by atoms with van der Waals surface area (Å²) in [5.41, 5.74) is -0.746. The van der Waals surface area contributed by atoms with Crippen molar-refractivity contribution >= 4 is 81.9 Å². The normalized spacial score (nSPS) is 12.6. The van der Waals surface area contributed by atoms with E-state index in [0.717, 1.165) is 23.7 Å². The second-order valence-corrected chi connectivity index (χ2v) is 13.4. The zero-order valence-electron chi connectivity index (χ0n) is 18.1. The molecule has 1 aromatic heterocycles. The highest BCUT2D eigenvalue weighted by atomic mass is 35.5. The predicted octanol–water partition coefficient (Wildman–Crippen LogP) is 7.27. The summed E-state index contributed by atoms with van der Waals surface area (Å²) in [7, 11) is -7.84. The van der Waals surface area contributed by atoms with Crippen molar-refractivity contribution in [3.8, 4) is 10.9 Å². The third-order valence-electron chi connectivity index (χ3n) is 4.76. The van der Waals surface area contributed by atoms with Crippen molar-refractivity contribution in [2.24, 2.45) is 0 Å². The Kier molecular flexibility index (Phi) is 7.34. The number of nitrogens with one attached hydrogen (secondary N) is 1. The third-order valence-corrected chi connectivity index (χ3v) is 9.19. The molecule has 0 saturated heterocycles. The van der Waals surface area contributed by atoms with Crippen LogP contribution in [0.15, 0.2) is 58.3 Å². The quantitative estimate of drug-likeness (QED) is 0.240. The fourth-order valence-electron chi connectivity index (χ4n) is 3.07. The van der Waals surface area contributed by atoms with Crippen molar-refractivity contribution < 1.29 is 34.7 Å². The minimum absolute atomic E-state index is 0.0544. The van der Waals surface area contributed by atoms with E-state index in [0.29, 0.717) is 22.3 Å². The van der Waals surface area contributed by atoms with Gasteiger partial charge in [0.1, 0.15) is 4.90 Å². The van der Waals surface area contributed by atoms with Gasteiger partial charge in [-0.15, -0.1) is 0 Å². The minimum Gasteiger partial charge on any atom is -0.428 e. The third kappa shape index (κ3) is 6.07. The molecule has 4 aromatic rings. The van der Waals surface area contributed by atoms with Gasteiger partial charge in [-0.3, -0.25) is 4.72 Å². The van der Waals surface area contributed by atoms with Crippen LogP contribution in [0.1, 0.15) is 5.56 Å². The van der Waals surface area contributed by atoms with E-state index < -0.39 is 41.5 Å². The highest BCUT2D eigenvalue weighted by molar-refractivity contribution is 7.92. The number of hydrogen-bond acceptors (Lipinski definition) is 7. The van der Waals surface area contributed by atoms with Crippen LogP contribution < -0.4 is 9.46 Å². The number of halogens is 6. The van der Waals surface area contributed by atoms with Gasteiger partial charge < -0.3 is 4.74 Å². The fourth-order valence-corrected chi connectivity index (χ4v) is 6.80. The van der Waals surface area contributed by atoms with Crippen LogP contribution in [0.2, 0.25) is 15.1 Å². The Balaban J connectivity index is 1.60. The summed E-state index contributed by atoms with van der Waals surface area (Å²) in [6.45, 7) is 0. The molecule has 0 aliphatic carbocycles. The van der Waals surface area contributed by atoms with Crippen LogP contribution in [0.25, 0.3) is 10.2 Å². The van der Waals surface area contributed by atoms with Crippen LogP contribution in [-0.4, -0.2) is 28.1 Å². The molecule has 0 fully saturated rings. The molecule has 0 unspecified atom stereocenters. The summed E-state index contributed by atoms with van der Waals surface area (Å²) in [6.07, 6.45) is -3.62. The van der Waals surface area contributed by atoms with Crippen LogP contribution in [0.5, 0.6) is 10.9 Å². The molecule has 1 N–H and O–H groups in total. The Hall–Kier alpha value is -2.29. The molecule has 3 aromatic carbocycles. The lowest BCUT2D eigenvalue weighted by molar-refractivity contribution is -0.137. The van der Waals surface area contributed by atoms with Crippen LogP contribution in [0, 0.1) is 0 Å². The summed E-state index contributed by atoms with van der Waals surface area (Å²) in [5, 5.41) is -0.761. The topological polar surface area (TPSA) is 102 Å². The number of thiazole rings is 1. The second kappa shape index (κ2) is 9.79. The molecule has 0 radical (unpaired) electrons. The first kappa shape index (κ1) is 27.7. The Morgan fingerprint density at radius 3 is 2.14 bits per heavy atom. The smallest absolute Gasteiger partial charge is 0.416 e. The highest BCUT2D eigenvalue weighted by Gasteiger charge is 2.32. The number of ether oxygens (including phenoxy) is 1. The molecule has 0 bridgehead atoms. The Morgan fingerprint density at radius 2 is 1.57 bits per heavy atom. The number of rotatable bonds is 6. The predicted molar refractivity (Wildman–Crippen MR) is 137 cm³/mol. The molecule has 16 heteroatoms. The van der Waals surface area contributed by atoms with E-state index >= 15 is 0 Å². The number of sulfonamides is 1. The number of anilines is 1.